The Morgan fingerprint density at radius 2 is 1.94 bits per heavy atom. The van der Waals surface area contributed by atoms with Crippen molar-refractivity contribution in [2.24, 2.45) is 5.92 Å². The third-order valence-electron chi connectivity index (χ3n) is 5.73. The zero-order chi connectivity index (χ0) is 22.5. The minimum absolute atomic E-state index is 0.00721. The minimum atomic E-state index is -0.294. The molecule has 0 atom stereocenters. The zero-order valence-corrected chi connectivity index (χ0v) is 19.6. The first kappa shape index (κ1) is 22.6. The summed E-state index contributed by atoms with van der Waals surface area (Å²) >= 11 is 3.06. The highest BCUT2D eigenvalue weighted by molar-refractivity contribution is 7.17. The summed E-state index contributed by atoms with van der Waals surface area (Å²) in [6.07, 6.45) is 3.03. The molecule has 1 saturated heterocycles. The van der Waals surface area contributed by atoms with Crippen LogP contribution >= 0.6 is 22.7 Å². The Balaban J connectivity index is 1.26. The Morgan fingerprint density at radius 3 is 2.62 bits per heavy atom. The lowest BCUT2D eigenvalue weighted by Gasteiger charge is -2.31. The van der Waals surface area contributed by atoms with E-state index in [9.17, 15) is 14.0 Å². The molecule has 1 aliphatic heterocycles. The van der Waals surface area contributed by atoms with Gasteiger partial charge in [-0.05, 0) is 67.8 Å². The van der Waals surface area contributed by atoms with E-state index < -0.39 is 0 Å². The van der Waals surface area contributed by atoms with Gasteiger partial charge >= 0.3 is 0 Å². The number of hydrogen-bond acceptors (Lipinski definition) is 5. The van der Waals surface area contributed by atoms with Crippen molar-refractivity contribution in [3.8, 4) is 10.6 Å². The third-order valence-corrected chi connectivity index (χ3v) is 7.86. The number of aryl methyl sites for hydroxylation is 1. The number of carbonyl (C=O) groups excluding carboxylic acids is 2. The highest BCUT2D eigenvalue weighted by atomic mass is 32.1. The van der Waals surface area contributed by atoms with Crippen molar-refractivity contribution in [2.45, 2.75) is 32.6 Å². The predicted molar refractivity (Wildman–Crippen MR) is 127 cm³/mol. The number of thiophene rings is 1. The minimum Gasteiger partial charge on any atom is -0.356 e. The molecule has 3 aromatic rings. The molecule has 32 heavy (non-hydrogen) atoms. The standard InChI is InChI=1S/C24H26FN3O2S2/c1-16-22(32-23(27-16)18-4-6-19(25)7-5-18)24(30)28-12-9-17(10-13-28)15-21(29)26-11-8-20-3-2-14-31-20/h2-7,14,17H,8-13,15H2,1H3,(H,26,29). The van der Waals surface area contributed by atoms with E-state index in [0.717, 1.165) is 29.8 Å². The van der Waals surface area contributed by atoms with Crippen molar-refractivity contribution in [1.29, 1.82) is 0 Å². The molecule has 1 N–H and O–H groups in total. The smallest absolute Gasteiger partial charge is 0.265 e. The second-order valence-electron chi connectivity index (χ2n) is 8.06. The lowest BCUT2D eigenvalue weighted by molar-refractivity contribution is -0.122. The van der Waals surface area contributed by atoms with Gasteiger partial charge in [0.2, 0.25) is 5.91 Å². The van der Waals surface area contributed by atoms with Gasteiger partial charge in [-0.2, -0.15) is 0 Å². The number of rotatable bonds is 7. The van der Waals surface area contributed by atoms with E-state index in [1.807, 2.05) is 23.3 Å². The van der Waals surface area contributed by atoms with Gasteiger partial charge in [0.25, 0.3) is 5.91 Å². The van der Waals surface area contributed by atoms with Crippen molar-refractivity contribution in [3.05, 3.63) is 63.0 Å². The van der Waals surface area contributed by atoms with Crippen molar-refractivity contribution in [1.82, 2.24) is 15.2 Å². The number of hydrogen-bond donors (Lipinski definition) is 1. The van der Waals surface area contributed by atoms with Crippen LogP contribution in [0.3, 0.4) is 0 Å². The molecule has 1 fully saturated rings. The number of piperidine rings is 1. The van der Waals surface area contributed by atoms with Crippen molar-refractivity contribution < 1.29 is 14.0 Å². The van der Waals surface area contributed by atoms with E-state index in [1.165, 1.54) is 28.3 Å². The molecule has 8 heteroatoms. The summed E-state index contributed by atoms with van der Waals surface area (Å²) < 4.78 is 13.2. The maximum atomic E-state index is 13.2. The number of nitrogens with one attached hydrogen (secondary N) is 1. The first-order valence-corrected chi connectivity index (χ1v) is 12.5. The van der Waals surface area contributed by atoms with Crippen molar-refractivity contribution >= 4 is 34.5 Å². The summed E-state index contributed by atoms with van der Waals surface area (Å²) in [5.74, 6) is 0.0938. The highest BCUT2D eigenvalue weighted by Gasteiger charge is 2.27. The molecule has 3 heterocycles. The van der Waals surface area contributed by atoms with Crippen LogP contribution in [0.5, 0.6) is 0 Å². The summed E-state index contributed by atoms with van der Waals surface area (Å²) in [6, 6.07) is 10.3. The van der Waals surface area contributed by atoms with Gasteiger partial charge in [0.15, 0.2) is 0 Å². The zero-order valence-electron chi connectivity index (χ0n) is 18.0. The fourth-order valence-electron chi connectivity index (χ4n) is 3.91. The average molecular weight is 472 g/mol. The largest absolute Gasteiger partial charge is 0.356 e. The van der Waals surface area contributed by atoms with Crippen LogP contribution in [0.1, 0.15) is 39.5 Å². The summed E-state index contributed by atoms with van der Waals surface area (Å²) in [5.41, 5.74) is 1.51. The molecule has 1 aliphatic rings. The summed E-state index contributed by atoms with van der Waals surface area (Å²) in [5, 5.41) is 5.78. The van der Waals surface area contributed by atoms with Gasteiger partial charge in [-0.15, -0.1) is 22.7 Å². The molecule has 0 spiro atoms. The number of likely N-dealkylation sites (tertiary alicyclic amines) is 1. The summed E-state index contributed by atoms with van der Waals surface area (Å²) in [6.45, 7) is 3.80. The predicted octanol–water partition coefficient (Wildman–Crippen LogP) is 4.92. The van der Waals surface area contributed by atoms with Crippen LogP contribution in [0.2, 0.25) is 0 Å². The Morgan fingerprint density at radius 1 is 1.19 bits per heavy atom. The van der Waals surface area contributed by atoms with E-state index in [2.05, 4.69) is 16.4 Å². The monoisotopic (exact) mass is 471 g/mol. The molecule has 4 rings (SSSR count). The van der Waals surface area contributed by atoms with Crippen LogP contribution in [0.15, 0.2) is 41.8 Å². The normalized spacial score (nSPS) is 14.5. The highest BCUT2D eigenvalue weighted by Crippen LogP contribution is 2.30. The quantitative estimate of drug-likeness (QED) is 0.532. The maximum absolute atomic E-state index is 13.2. The van der Waals surface area contributed by atoms with Gasteiger partial charge in [-0.3, -0.25) is 9.59 Å². The van der Waals surface area contributed by atoms with Crippen LogP contribution in [0.4, 0.5) is 4.39 Å². The number of benzene rings is 1. The van der Waals surface area contributed by atoms with Gasteiger partial charge in [0, 0.05) is 36.5 Å². The lowest BCUT2D eigenvalue weighted by atomic mass is 9.93. The Hall–Kier alpha value is -2.58. The van der Waals surface area contributed by atoms with Gasteiger partial charge in [-0.25, -0.2) is 9.37 Å². The third kappa shape index (κ3) is 5.61. The Bertz CT molecular complexity index is 1060. The molecule has 0 radical (unpaired) electrons. The van der Waals surface area contributed by atoms with Gasteiger partial charge in [0.05, 0.1) is 5.69 Å². The molecule has 168 valence electrons. The fourth-order valence-corrected chi connectivity index (χ4v) is 5.66. The molecule has 0 bridgehead atoms. The second kappa shape index (κ2) is 10.4. The van der Waals surface area contributed by atoms with Gasteiger partial charge < -0.3 is 10.2 Å². The van der Waals surface area contributed by atoms with E-state index in [-0.39, 0.29) is 17.6 Å². The molecule has 0 saturated carbocycles. The van der Waals surface area contributed by atoms with Crippen LogP contribution in [-0.2, 0) is 11.2 Å². The molecular formula is C24H26FN3O2S2. The number of thiazole rings is 1. The Labute approximate surface area is 195 Å². The molecule has 5 nitrogen and oxygen atoms in total. The van der Waals surface area contributed by atoms with E-state index in [1.54, 1.807) is 23.5 Å². The van der Waals surface area contributed by atoms with Gasteiger partial charge in [0.1, 0.15) is 15.7 Å². The number of halogens is 1. The summed E-state index contributed by atoms with van der Waals surface area (Å²) in [7, 11) is 0. The lowest BCUT2D eigenvalue weighted by Crippen LogP contribution is -2.39. The Kier molecular flexibility index (Phi) is 7.32. The maximum Gasteiger partial charge on any atom is 0.265 e. The van der Waals surface area contributed by atoms with E-state index in [0.29, 0.717) is 42.5 Å². The average Bonchev–Trinajstić information content (AvgIpc) is 3.44. The molecule has 0 aliphatic carbocycles. The van der Waals surface area contributed by atoms with E-state index in [4.69, 9.17) is 0 Å². The first-order valence-electron chi connectivity index (χ1n) is 10.8. The van der Waals surface area contributed by atoms with E-state index >= 15 is 0 Å². The second-order valence-corrected chi connectivity index (χ2v) is 10.1. The first-order chi connectivity index (χ1) is 15.5. The number of aromatic nitrogens is 1. The number of nitrogens with zero attached hydrogens (tertiary/aromatic N) is 2. The van der Waals surface area contributed by atoms with Crippen LogP contribution < -0.4 is 5.32 Å². The number of amides is 2. The SMILES string of the molecule is Cc1nc(-c2ccc(F)cc2)sc1C(=O)N1CCC(CC(=O)NCCc2cccs2)CC1. The molecule has 2 amide bonds. The molecular weight excluding hydrogens is 445 g/mol. The van der Waals surface area contributed by atoms with Crippen LogP contribution in [0, 0.1) is 18.7 Å². The van der Waals surface area contributed by atoms with Gasteiger partial charge in [-0.1, -0.05) is 6.07 Å². The molecule has 0 unspecified atom stereocenters. The fraction of sp³-hybridized carbons (Fsp3) is 0.375. The number of carbonyl (C=O) groups is 2. The van der Waals surface area contributed by atoms with Crippen molar-refractivity contribution in [2.75, 3.05) is 19.6 Å². The summed E-state index contributed by atoms with van der Waals surface area (Å²) in [4.78, 5) is 33.6. The topological polar surface area (TPSA) is 62.3 Å². The molecule has 1 aromatic carbocycles. The van der Waals surface area contributed by atoms with Crippen LogP contribution in [-0.4, -0.2) is 41.3 Å². The van der Waals surface area contributed by atoms with Crippen molar-refractivity contribution in [3.63, 3.8) is 0 Å². The molecule has 2 aromatic heterocycles. The van der Waals surface area contributed by atoms with Crippen LogP contribution in [0.25, 0.3) is 10.6 Å².